The summed E-state index contributed by atoms with van der Waals surface area (Å²) in [6.07, 6.45) is -2.88. The molecule has 1 unspecified atom stereocenters. The van der Waals surface area contributed by atoms with Crippen molar-refractivity contribution in [3.8, 4) is 5.75 Å². The SMILES string of the molecule is O=C(O)C(F)(F)F.O=C(O)c1ccc(CN(CCN2CCOCC2)S(=O)[O-])cc1OCC1CC1. The van der Waals surface area contributed by atoms with Gasteiger partial charge in [-0.25, -0.2) is 13.9 Å². The standard InChI is InChI=1S/C18H26N2O6S.C2HF3O2/c21-18(22)16-4-3-15(11-17(16)26-13-14-1-2-14)12-20(27(23)24)6-5-19-7-9-25-10-8-19;3-2(4,5)1(6)7/h3-4,11,14H,1-2,5-10,12-13H2,(H,21,22)(H,23,24);(H,6,7)/p-1. The molecule has 2 aliphatic rings. The highest BCUT2D eigenvalue weighted by molar-refractivity contribution is 7.76. The van der Waals surface area contributed by atoms with E-state index in [2.05, 4.69) is 4.90 Å². The van der Waals surface area contributed by atoms with Gasteiger partial charge in [0.2, 0.25) is 0 Å². The Morgan fingerprint density at radius 1 is 1.24 bits per heavy atom. The number of nitrogens with zero attached hydrogens (tertiary/aromatic N) is 2. The van der Waals surface area contributed by atoms with Gasteiger partial charge in [0.1, 0.15) is 11.3 Å². The number of rotatable bonds is 10. The van der Waals surface area contributed by atoms with Crippen LogP contribution in [0.5, 0.6) is 5.75 Å². The smallest absolute Gasteiger partial charge is 0.490 e. The number of halogens is 3. The normalized spacial score (nSPS) is 17.6. The number of aromatic carboxylic acids is 1. The van der Waals surface area contributed by atoms with Crippen molar-refractivity contribution in [2.45, 2.75) is 25.6 Å². The molecule has 0 bridgehead atoms. The second kappa shape index (κ2) is 13.0. The van der Waals surface area contributed by atoms with E-state index in [-0.39, 0.29) is 12.1 Å². The predicted molar refractivity (Wildman–Crippen MR) is 112 cm³/mol. The number of benzene rings is 1. The van der Waals surface area contributed by atoms with Crippen LogP contribution in [0.25, 0.3) is 0 Å². The third-order valence-electron chi connectivity index (χ3n) is 5.03. The number of alkyl halides is 3. The molecule has 1 aromatic carbocycles. The summed E-state index contributed by atoms with van der Waals surface area (Å²) in [5, 5.41) is 16.5. The van der Waals surface area contributed by atoms with Gasteiger partial charge in [-0.2, -0.15) is 13.2 Å². The monoisotopic (exact) mass is 511 g/mol. The Balaban J connectivity index is 0.000000509. The van der Waals surface area contributed by atoms with Gasteiger partial charge in [0, 0.05) is 44.0 Å². The van der Waals surface area contributed by atoms with E-state index in [4.69, 9.17) is 19.4 Å². The van der Waals surface area contributed by atoms with Crippen molar-refractivity contribution in [2.24, 2.45) is 5.92 Å². The van der Waals surface area contributed by atoms with Gasteiger partial charge in [-0.1, -0.05) is 6.07 Å². The molecule has 1 saturated carbocycles. The first-order valence-electron chi connectivity index (χ1n) is 10.4. The summed E-state index contributed by atoms with van der Waals surface area (Å²) in [7, 11) is 0. The van der Waals surface area contributed by atoms with E-state index in [0.29, 0.717) is 50.1 Å². The van der Waals surface area contributed by atoms with E-state index >= 15 is 0 Å². The molecule has 1 saturated heterocycles. The van der Waals surface area contributed by atoms with E-state index in [0.717, 1.165) is 25.9 Å². The van der Waals surface area contributed by atoms with Crippen LogP contribution in [0.2, 0.25) is 0 Å². The fourth-order valence-electron chi connectivity index (χ4n) is 2.94. The van der Waals surface area contributed by atoms with Gasteiger partial charge in [0.25, 0.3) is 0 Å². The lowest BCUT2D eigenvalue weighted by atomic mass is 10.1. The Kier molecular flexibility index (Phi) is 10.7. The molecule has 10 nitrogen and oxygen atoms in total. The van der Waals surface area contributed by atoms with Gasteiger partial charge < -0.3 is 24.2 Å². The van der Waals surface area contributed by atoms with Crippen LogP contribution in [0.4, 0.5) is 13.2 Å². The fourth-order valence-corrected chi connectivity index (χ4v) is 3.43. The molecular formula is C20H26F3N2O8S-. The number of hydrogen-bond donors (Lipinski definition) is 2. The maximum absolute atomic E-state index is 11.6. The number of hydrogen-bond acceptors (Lipinski definition) is 7. The van der Waals surface area contributed by atoms with Crippen molar-refractivity contribution in [1.29, 1.82) is 0 Å². The molecule has 0 radical (unpaired) electrons. The second-order valence-electron chi connectivity index (χ2n) is 7.73. The number of carboxylic acids is 2. The van der Waals surface area contributed by atoms with Crippen LogP contribution in [-0.2, 0) is 27.3 Å². The van der Waals surface area contributed by atoms with Crippen molar-refractivity contribution in [3.05, 3.63) is 29.3 Å². The van der Waals surface area contributed by atoms with Crippen LogP contribution in [-0.4, -0.2) is 92.3 Å². The average molecular weight is 511 g/mol. The van der Waals surface area contributed by atoms with Crippen molar-refractivity contribution in [1.82, 2.24) is 9.21 Å². The summed E-state index contributed by atoms with van der Waals surface area (Å²) in [6, 6.07) is 4.76. The highest BCUT2D eigenvalue weighted by Crippen LogP contribution is 2.31. The summed E-state index contributed by atoms with van der Waals surface area (Å²) in [4.78, 5) is 22.5. The maximum atomic E-state index is 11.6. The summed E-state index contributed by atoms with van der Waals surface area (Å²) < 4.78 is 67.3. The Hall–Kier alpha value is -2.26. The van der Waals surface area contributed by atoms with Crippen molar-refractivity contribution in [3.63, 3.8) is 0 Å². The third-order valence-corrected chi connectivity index (χ3v) is 5.76. The number of carbonyl (C=O) groups is 2. The molecule has 34 heavy (non-hydrogen) atoms. The lowest BCUT2D eigenvalue weighted by molar-refractivity contribution is -0.192. The van der Waals surface area contributed by atoms with Crippen molar-refractivity contribution in [2.75, 3.05) is 46.0 Å². The summed E-state index contributed by atoms with van der Waals surface area (Å²) in [5.74, 6) is -3.01. The Morgan fingerprint density at radius 2 is 1.85 bits per heavy atom. The van der Waals surface area contributed by atoms with E-state index in [1.807, 2.05) is 0 Å². The molecular weight excluding hydrogens is 485 g/mol. The minimum atomic E-state index is -5.08. The minimum Gasteiger partial charge on any atom is -0.760 e. The van der Waals surface area contributed by atoms with Gasteiger partial charge in [0.05, 0.1) is 19.8 Å². The molecule has 0 amide bonds. The van der Waals surface area contributed by atoms with Gasteiger partial charge in [-0.15, -0.1) is 0 Å². The molecule has 0 aromatic heterocycles. The van der Waals surface area contributed by atoms with Gasteiger partial charge in [-0.05, 0) is 36.5 Å². The lowest BCUT2D eigenvalue weighted by Gasteiger charge is -2.30. The van der Waals surface area contributed by atoms with Crippen LogP contribution < -0.4 is 4.74 Å². The van der Waals surface area contributed by atoms with E-state index < -0.39 is 29.4 Å². The molecule has 2 N–H and O–H groups in total. The molecule has 1 atom stereocenters. The topological polar surface area (TPSA) is 140 Å². The Morgan fingerprint density at radius 3 is 2.35 bits per heavy atom. The fraction of sp³-hybridized carbons (Fsp3) is 0.600. The highest BCUT2D eigenvalue weighted by atomic mass is 32.2. The molecule has 14 heteroatoms. The minimum absolute atomic E-state index is 0.0995. The zero-order valence-corrected chi connectivity index (χ0v) is 19.0. The van der Waals surface area contributed by atoms with Crippen molar-refractivity contribution < 1.29 is 51.2 Å². The highest BCUT2D eigenvalue weighted by Gasteiger charge is 2.38. The molecule has 1 heterocycles. The van der Waals surface area contributed by atoms with Crippen molar-refractivity contribution >= 4 is 23.2 Å². The molecule has 1 aliphatic carbocycles. The number of carboxylic acid groups (broad SMARTS) is 2. The lowest BCUT2D eigenvalue weighted by Crippen LogP contribution is -2.41. The summed E-state index contributed by atoms with van der Waals surface area (Å²) >= 11 is -2.36. The van der Waals surface area contributed by atoms with Crippen LogP contribution in [0, 0.1) is 5.92 Å². The molecule has 1 aliphatic heterocycles. The second-order valence-corrected chi connectivity index (χ2v) is 8.68. The molecule has 2 fully saturated rings. The van der Waals surface area contributed by atoms with E-state index in [9.17, 15) is 31.8 Å². The first-order chi connectivity index (χ1) is 16.0. The largest absolute Gasteiger partial charge is 0.760 e. The molecule has 3 rings (SSSR count). The Bertz CT molecular complexity index is 861. The third kappa shape index (κ3) is 9.93. The first-order valence-corrected chi connectivity index (χ1v) is 11.4. The first kappa shape index (κ1) is 28.0. The number of ether oxygens (including phenoxy) is 2. The van der Waals surface area contributed by atoms with Gasteiger partial charge >= 0.3 is 18.1 Å². The zero-order chi connectivity index (χ0) is 25.3. The van der Waals surface area contributed by atoms with Gasteiger partial charge in [0.15, 0.2) is 0 Å². The summed E-state index contributed by atoms with van der Waals surface area (Å²) in [5.41, 5.74) is 0.805. The van der Waals surface area contributed by atoms with Gasteiger partial charge in [-0.3, -0.25) is 9.11 Å². The molecule has 0 spiro atoms. The van der Waals surface area contributed by atoms with Crippen LogP contribution >= 0.6 is 0 Å². The quantitative estimate of drug-likeness (QED) is 0.450. The van der Waals surface area contributed by atoms with Crippen LogP contribution in [0.3, 0.4) is 0 Å². The number of morpholine rings is 1. The average Bonchev–Trinajstić information content (AvgIpc) is 3.60. The summed E-state index contributed by atoms with van der Waals surface area (Å²) in [6.45, 7) is 4.61. The predicted octanol–water partition coefficient (Wildman–Crippen LogP) is 1.74. The van der Waals surface area contributed by atoms with E-state index in [1.165, 1.54) is 10.4 Å². The molecule has 1 aromatic rings. The van der Waals surface area contributed by atoms with Crippen LogP contribution in [0.1, 0.15) is 28.8 Å². The zero-order valence-electron chi connectivity index (χ0n) is 18.2. The Labute approximate surface area is 196 Å². The number of aliphatic carboxylic acids is 1. The maximum Gasteiger partial charge on any atom is 0.490 e. The molecule has 192 valence electrons. The van der Waals surface area contributed by atoms with E-state index in [1.54, 1.807) is 12.1 Å². The van der Waals surface area contributed by atoms with Crippen LogP contribution in [0.15, 0.2) is 18.2 Å².